The molecule has 3 nitrogen and oxygen atoms in total. The van der Waals surface area contributed by atoms with E-state index in [2.05, 4.69) is 10.2 Å². The first kappa shape index (κ1) is 13.9. The maximum atomic E-state index is 11.7. The number of rotatable bonds is 7. The zero-order chi connectivity index (χ0) is 12.6. The molecule has 0 aromatic carbocycles. The maximum Gasteiger partial charge on any atom is 0.220 e. The maximum absolute atomic E-state index is 11.7. The van der Waals surface area contributed by atoms with Gasteiger partial charge in [0.2, 0.25) is 5.91 Å². The molecule has 1 amide bonds. The summed E-state index contributed by atoms with van der Waals surface area (Å²) in [5, 5.41) is 3.08. The molecule has 1 heterocycles. The molecule has 1 N–H and O–H groups in total. The lowest BCUT2D eigenvalue weighted by Gasteiger charge is -2.14. The lowest BCUT2D eigenvalue weighted by Crippen LogP contribution is -2.27. The molecule has 1 aliphatic carbocycles. The van der Waals surface area contributed by atoms with E-state index < -0.39 is 0 Å². The number of likely N-dealkylation sites (tertiary alicyclic amines) is 1. The summed E-state index contributed by atoms with van der Waals surface area (Å²) in [6.45, 7) is 4.67. The average molecular weight is 252 g/mol. The van der Waals surface area contributed by atoms with E-state index in [9.17, 15) is 4.79 Å². The molecule has 0 aromatic heterocycles. The van der Waals surface area contributed by atoms with Gasteiger partial charge in [0, 0.05) is 13.0 Å². The molecule has 0 bridgehead atoms. The number of hydrogen-bond donors (Lipinski definition) is 1. The van der Waals surface area contributed by atoms with Crippen LogP contribution in [0.15, 0.2) is 0 Å². The van der Waals surface area contributed by atoms with E-state index in [-0.39, 0.29) is 5.91 Å². The van der Waals surface area contributed by atoms with Crippen molar-refractivity contribution in [1.29, 1.82) is 0 Å². The highest BCUT2D eigenvalue weighted by atomic mass is 16.1. The molecule has 18 heavy (non-hydrogen) atoms. The summed E-state index contributed by atoms with van der Waals surface area (Å²) in [4.78, 5) is 14.2. The van der Waals surface area contributed by atoms with Crippen LogP contribution in [0.5, 0.6) is 0 Å². The molecular formula is C15H28N2O. The Balaban J connectivity index is 1.43. The second-order valence-electron chi connectivity index (χ2n) is 5.96. The monoisotopic (exact) mass is 252 g/mol. The molecule has 1 saturated carbocycles. The van der Waals surface area contributed by atoms with Crippen molar-refractivity contribution in [2.45, 2.75) is 57.8 Å². The van der Waals surface area contributed by atoms with Crippen molar-refractivity contribution in [2.75, 3.05) is 26.2 Å². The van der Waals surface area contributed by atoms with Gasteiger partial charge in [0.05, 0.1) is 0 Å². The molecular weight excluding hydrogens is 224 g/mol. The zero-order valence-electron chi connectivity index (χ0n) is 11.6. The molecule has 2 fully saturated rings. The average Bonchev–Trinajstić information content (AvgIpc) is 3.01. The first-order chi connectivity index (χ1) is 8.84. The molecule has 0 radical (unpaired) electrons. The van der Waals surface area contributed by atoms with E-state index in [1.54, 1.807) is 0 Å². The largest absolute Gasteiger partial charge is 0.356 e. The van der Waals surface area contributed by atoms with Crippen LogP contribution in [0.25, 0.3) is 0 Å². The van der Waals surface area contributed by atoms with Crippen molar-refractivity contribution in [3.05, 3.63) is 0 Å². The molecule has 2 aliphatic rings. The number of nitrogens with zero attached hydrogens (tertiary/aromatic N) is 1. The van der Waals surface area contributed by atoms with Gasteiger partial charge in [-0.2, -0.15) is 0 Å². The van der Waals surface area contributed by atoms with Crippen molar-refractivity contribution in [3.63, 3.8) is 0 Å². The summed E-state index contributed by atoms with van der Waals surface area (Å²) in [7, 11) is 0. The Labute approximate surface area is 111 Å². The van der Waals surface area contributed by atoms with Crippen molar-refractivity contribution >= 4 is 5.91 Å². The Bertz CT molecular complexity index is 243. The fourth-order valence-corrected chi connectivity index (χ4v) is 3.24. The van der Waals surface area contributed by atoms with E-state index in [0.29, 0.717) is 5.92 Å². The van der Waals surface area contributed by atoms with Crippen LogP contribution in [0.3, 0.4) is 0 Å². The van der Waals surface area contributed by atoms with Crippen LogP contribution in [0.4, 0.5) is 0 Å². The zero-order valence-corrected chi connectivity index (χ0v) is 11.6. The van der Waals surface area contributed by atoms with E-state index in [4.69, 9.17) is 0 Å². The molecule has 1 aliphatic heterocycles. The smallest absolute Gasteiger partial charge is 0.220 e. The first-order valence-electron chi connectivity index (χ1n) is 7.83. The van der Waals surface area contributed by atoms with Gasteiger partial charge in [-0.3, -0.25) is 4.79 Å². The molecule has 3 heteroatoms. The van der Waals surface area contributed by atoms with Crippen LogP contribution in [-0.4, -0.2) is 37.0 Å². The van der Waals surface area contributed by atoms with Gasteiger partial charge < -0.3 is 10.2 Å². The summed E-state index contributed by atoms with van der Waals surface area (Å²) in [5.41, 5.74) is 0. The van der Waals surface area contributed by atoms with Gasteiger partial charge in [0.25, 0.3) is 0 Å². The predicted molar refractivity (Wildman–Crippen MR) is 74.5 cm³/mol. The normalized spacial score (nSPS) is 21.6. The van der Waals surface area contributed by atoms with E-state index in [1.807, 2.05) is 0 Å². The molecule has 104 valence electrons. The third-order valence-electron chi connectivity index (χ3n) is 4.37. The SMILES string of the molecule is O=C(CC1CCCC1)NCCCCN1CCCC1. The number of hydrogen-bond acceptors (Lipinski definition) is 2. The van der Waals surface area contributed by atoms with Gasteiger partial charge in [-0.1, -0.05) is 12.8 Å². The summed E-state index contributed by atoms with van der Waals surface area (Å²) in [6, 6.07) is 0. The quantitative estimate of drug-likeness (QED) is 0.706. The van der Waals surface area contributed by atoms with Gasteiger partial charge >= 0.3 is 0 Å². The Morgan fingerprint density at radius 1 is 1.06 bits per heavy atom. The second kappa shape index (κ2) is 7.78. The van der Waals surface area contributed by atoms with Crippen LogP contribution in [0.1, 0.15) is 57.8 Å². The minimum absolute atomic E-state index is 0.281. The van der Waals surface area contributed by atoms with E-state index >= 15 is 0 Å². The highest BCUT2D eigenvalue weighted by Crippen LogP contribution is 2.27. The van der Waals surface area contributed by atoms with Crippen molar-refractivity contribution < 1.29 is 4.79 Å². The molecule has 1 saturated heterocycles. The topological polar surface area (TPSA) is 32.3 Å². The van der Waals surface area contributed by atoms with Gasteiger partial charge in [-0.15, -0.1) is 0 Å². The summed E-state index contributed by atoms with van der Waals surface area (Å²) in [6.07, 6.45) is 11.1. The standard InChI is InChI=1S/C15H28N2O/c18-15(13-14-7-1-2-8-14)16-9-3-4-10-17-11-5-6-12-17/h14H,1-13H2,(H,16,18). The Hall–Kier alpha value is -0.570. The molecule has 0 aromatic rings. The Morgan fingerprint density at radius 3 is 2.50 bits per heavy atom. The summed E-state index contributed by atoms with van der Waals surface area (Å²) < 4.78 is 0. The number of unbranched alkanes of at least 4 members (excludes halogenated alkanes) is 1. The number of nitrogens with one attached hydrogen (secondary N) is 1. The molecule has 0 atom stereocenters. The van der Waals surface area contributed by atoms with Crippen LogP contribution in [-0.2, 0) is 4.79 Å². The first-order valence-corrected chi connectivity index (χ1v) is 7.83. The van der Waals surface area contributed by atoms with E-state index in [1.165, 1.54) is 64.6 Å². The summed E-state index contributed by atoms with van der Waals surface area (Å²) in [5.74, 6) is 0.956. The number of amides is 1. The second-order valence-corrected chi connectivity index (χ2v) is 5.96. The molecule has 2 rings (SSSR count). The lowest BCUT2D eigenvalue weighted by molar-refractivity contribution is -0.121. The minimum Gasteiger partial charge on any atom is -0.356 e. The lowest BCUT2D eigenvalue weighted by atomic mass is 10.0. The summed E-state index contributed by atoms with van der Waals surface area (Å²) >= 11 is 0. The number of carbonyl (C=O) groups is 1. The third-order valence-corrected chi connectivity index (χ3v) is 4.37. The third kappa shape index (κ3) is 4.97. The van der Waals surface area contributed by atoms with Crippen LogP contribution < -0.4 is 5.32 Å². The van der Waals surface area contributed by atoms with Crippen LogP contribution in [0, 0.1) is 5.92 Å². The van der Waals surface area contributed by atoms with Crippen LogP contribution in [0.2, 0.25) is 0 Å². The van der Waals surface area contributed by atoms with Crippen molar-refractivity contribution in [3.8, 4) is 0 Å². The number of carbonyl (C=O) groups excluding carboxylic acids is 1. The van der Waals surface area contributed by atoms with Gasteiger partial charge in [0.1, 0.15) is 0 Å². The highest BCUT2D eigenvalue weighted by Gasteiger charge is 2.18. The van der Waals surface area contributed by atoms with Crippen molar-refractivity contribution in [2.24, 2.45) is 5.92 Å². The van der Waals surface area contributed by atoms with Gasteiger partial charge in [-0.25, -0.2) is 0 Å². The predicted octanol–water partition coefficient (Wildman–Crippen LogP) is 2.56. The Kier molecular flexibility index (Phi) is 5.98. The highest BCUT2D eigenvalue weighted by molar-refractivity contribution is 5.76. The fraction of sp³-hybridized carbons (Fsp3) is 0.933. The van der Waals surface area contributed by atoms with Gasteiger partial charge in [-0.05, 0) is 64.1 Å². The van der Waals surface area contributed by atoms with E-state index in [0.717, 1.165) is 19.4 Å². The van der Waals surface area contributed by atoms with Crippen LogP contribution >= 0.6 is 0 Å². The molecule has 0 unspecified atom stereocenters. The minimum atomic E-state index is 0.281. The Morgan fingerprint density at radius 2 is 1.78 bits per heavy atom. The molecule has 0 spiro atoms. The fourth-order valence-electron chi connectivity index (χ4n) is 3.24. The van der Waals surface area contributed by atoms with Gasteiger partial charge in [0.15, 0.2) is 0 Å². The van der Waals surface area contributed by atoms with Crippen molar-refractivity contribution in [1.82, 2.24) is 10.2 Å².